The molecule has 0 nitrogen and oxygen atoms in total. The number of aryl methyl sites for hydroxylation is 4. The first-order valence-corrected chi connectivity index (χ1v) is 10.9. The van der Waals surface area contributed by atoms with Crippen LogP contribution in [0.1, 0.15) is 55.6 Å². The van der Waals surface area contributed by atoms with Gasteiger partial charge in [-0.2, -0.15) is 18.2 Å². The molecule has 0 N–H and O–H groups in total. The van der Waals surface area contributed by atoms with Gasteiger partial charge in [-0.1, -0.05) is 12.1 Å². The Morgan fingerprint density at radius 3 is 1.04 bits per heavy atom. The van der Waals surface area contributed by atoms with Crippen LogP contribution >= 0.6 is 0 Å². The third-order valence-corrected chi connectivity index (χ3v) is 7.46. The van der Waals surface area contributed by atoms with Crippen LogP contribution in [-0.2, 0) is 81.3 Å². The van der Waals surface area contributed by atoms with E-state index in [0.29, 0.717) is 0 Å². The smallest absolute Gasteiger partial charge is 0 e. The molecule has 0 spiro atoms. The van der Waals surface area contributed by atoms with Crippen molar-refractivity contribution in [3.8, 4) is 0 Å². The molecule has 0 amide bonds. The van der Waals surface area contributed by atoms with Gasteiger partial charge in [0.25, 0.3) is 0 Å². The van der Waals surface area contributed by atoms with E-state index in [1.165, 1.54) is 64.2 Å². The van der Waals surface area contributed by atoms with E-state index in [2.05, 4.69) is 12.1 Å². The normalized spacial score (nSPS) is 17.0. The third-order valence-electron chi connectivity index (χ3n) is 7.46. The first-order valence-electron chi connectivity index (χ1n) is 10.9. The van der Waals surface area contributed by atoms with Crippen LogP contribution in [0.15, 0.2) is 42.5 Å². The van der Waals surface area contributed by atoms with E-state index in [4.69, 9.17) is 0 Å². The van der Waals surface area contributed by atoms with E-state index < -0.39 is 0 Å². The predicted octanol–water partition coefficient (Wildman–Crippen LogP) is 5.27. The number of hydrogen-bond acceptors (Lipinski definition) is 0. The standard InChI is InChI=1S/C22H22.C5H5.Fe/c1-2-14-12-16-4-3-15-11-13(1)17-5-6-18(14)22-10-9-21(17)19(15)7-8-20(16)22;1-2-4-5-3-1;/h11-12H,1-10H2;1-5H;/q;-1;. The van der Waals surface area contributed by atoms with E-state index in [-0.39, 0.29) is 17.1 Å². The van der Waals surface area contributed by atoms with Crippen LogP contribution in [0.5, 0.6) is 0 Å². The fraction of sp³-hybridized carbons (Fsp3) is 0.370. The van der Waals surface area contributed by atoms with Gasteiger partial charge in [0.05, 0.1) is 0 Å². The van der Waals surface area contributed by atoms with Crippen molar-refractivity contribution >= 4 is 0 Å². The van der Waals surface area contributed by atoms with Gasteiger partial charge < -0.3 is 0 Å². The summed E-state index contributed by atoms with van der Waals surface area (Å²) in [5.41, 5.74) is 17.5. The van der Waals surface area contributed by atoms with Crippen LogP contribution in [0, 0.1) is 0 Å². The maximum atomic E-state index is 2.62. The molecule has 28 heavy (non-hydrogen) atoms. The second-order valence-electron chi connectivity index (χ2n) is 8.72. The topological polar surface area (TPSA) is 0 Å². The maximum absolute atomic E-state index is 2.62. The molecule has 0 unspecified atom stereocenters. The molecular formula is C27H27Fe-. The first-order chi connectivity index (χ1) is 13.4. The summed E-state index contributed by atoms with van der Waals surface area (Å²) in [6.07, 6.45) is 13.0. The second-order valence-corrected chi connectivity index (χ2v) is 8.72. The zero-order valence-corrected chi connectivity index (χ0v) is 17.6. The molecule has 0 heterocycles. The van der Waals surface area contributed by atoms with Crippen molar-refractivity contribution in [3.05, 3.63) is 98.1 Å². The van der Waals surface area contributed by atoms with Crippen LogP contribution in [0.25, 0.3) is 0 Å². The van der Waals surface area contributed by atoms with Crippen molar-refractivity contribution in [2.75, 3.05) is 0 Å². The predicted molar refractivity (Wildman–Crippen MR) is 112 cm³/mol. The second kappa shape index (κ2) is 7.29. The Balaban J connectivity index is 0.000000252. The summed E-state index contributed by atoms with van der Waals surface area (Å²) >= 11 is 0. The fourth-order valence-electron chi connectivity index (χ4n) is 6.26. The minimum absolute atomic E-state index is 0. The van der Waals surface area contributed by atoms with Crippen molar-refractivity contribution in [1.29, 1.82) is 0 Å². The largest absolute Gasteiger partial charge is 0.214 e. The summed E-state index contributed by atoms with van der Waals surface area (Å²) in [6, 6.07) is 15.2. The number of rotatable bonds is 0. The summed E-state index contributed by atoms with van der Waals surface area (Å²) in [6.45, 7) is 0. The Bertz CT molecular complexity index is 874. The molecule has 4 aliphatic rings. The minimum Gasteiger partial charge on any atom is -0.214 e. The zero-order chi connectivity index (χ0) is 17.8. The molecule has 3 aromatic rings. The molecule has 0 saturated heterocycles. The molecule has 1 heteroatoms. The summed E-state index contributed by atoms with van der Waals surface area (Å²) in [4.78, 5) is 0. The molecule has 4 aliphatic carbocycles. The zero-order valence-electron chi connectivity index (χ0n) is 16.5. The number of fused-ring (bicyclic) bond motifs is 3. The molecule has 3 aromatic carbocycles. The van der Waals surface area contributed by atoms with Crippen LogP contribution in [0.4, 0.5) is 0 Å². The van der Waals surface area contributed by atoms with Gasteiger partial charge in [-0.15, -0.1) is 0 Å². The van der Waals surface area contributed by atoms with Crippen LogP contribution in [0.2, 0.25) is 0 Å². The molecule has 0 aliphatic heterocycles. The van der Waals surface area contributed by atoms with Crippen molar-refractivity contribution in [2.24, 2.45) is 0 Å². The molecular weight excluding hydrogens is 380 g/mol. The van der Waals surface area contributed by atoms with Gasteiger partial charge in [-0.25, -0.2) is 12.1 Å². The van der Waals surface area contributed by atoms with Gasteiger partial charge in [0.2, 0.25) is 0 Å². The third kappa shape index (κ3) is 2.83. The number of hydrogen-bond donors (Lipinski definition) is 0. The molecule has 0 saturated carbocycles. The maximum Gasteiger partial charge on any atom is 0 e. The van der Waals surface area contributed by atoms with Crippen LogP contribution in [0.3, 0.4) is 0 Å². The van der Waals surface area contributed by atoms with E-state index in [1.54, 1.807) is 55.6 Å². The minimum atomic E-state index is 0. The average molecular weight is 407 g/mol. The molecule has 7 rings (SSSR count). The van der Waals surface area contributed by atoms with Gasteiger partial charge in [-0.05, 0) is 120 Å². The van der Waals surface area contributed by atoms with E-state index >= 15 is 0 Å². The summed E-state index contributed by atoms with van der Waals surface area (Å²) in [5, 5.41) is 0. The van der Waals surface area contributed by atoms with Crippen LogP contribution in [-0.4, -0.2) is 0 Å². The Kier molecular flexibility index (Phi) is 4.77. The average Bonchev–Trinajstić information content (AvgIpc) is 3.18. The summed E-state index contributed by atoms with van der Waals surface area (Å²) < 4.78 is 0. The monoisotopic (exact) mass is 407 g/mol. The van der Waals surface area contributed by atoms with E-state index in [0.717, 1.165) is 0 Å². The molecule has 0 aromatic heterocycles. The summed E-state index contributed by atoms with van der Waals surface area (Å²) in [7, 11) is 0. The first kappa shape index (κ1) is 18.3. The SMILES string of the molecule is [Fe].c1c2c3c4c5c1CCc1cc(c(c(c1CC5)CC4)CC3)CC2.c1cc[cH-]c1. The van der Waals surface area contributed by atoms with Gasteiger partial charge in [0.15, 0.2) is 0 Å². The van der Waals surface area contributed by atoms with Crippen LogP contribution < -0.4 is 0 Å². The molecule has 144 valence electrons. The molecule has 0 radical (unpaired) electrons. The fourth-order valence-corrected chi connectivity index (χ4v) is 6.26. The Labute approximate surface area is 179 Å². The van der Waals surface area contributed by atoms with Gasteiger partial charge in [0.1, 0.15) is 0 Å². The van der Waals surface area contributed by atoms with Crippen molar-refractivity contribution < 1.29 is 17.1 Å². The summed E-state index contributed by atoms with van der Waals surface area (Å²) in [5.74, 6) is 0. The van der Waals surface area contributed by atoms with Crippen molar-refractivity contribution in [2.45, 2.75) is 64.2 Å². The van der Waals surface area contributed by atoms with Gasteiger partial charge in [0, 0.05) is 17.1 Å². The molecule has 0 fully saturated rings. The molecule has 6 bridgehead atoms. The van der Waals surface area contributed by atoms with Gasteiger partial charge in [-0.3, -0.25) is 0 Å². The quantitative estimate of drug-likeness (QED) is 0.352. The van der Waals surface area contributed by atoms with Crippen molar-refractivity contribution in [1.82, 2.24) is 0 Å². The van der Waals surface area contributed by atoms with E-state index in [1.807, 2.05) is 30.3 Å². The Morgan fingerprint density at radius 2 is 0.750 bits per heavy atom. The Hall–Kier alpha value is -1.69. The van der Waals surface area contributed by atoms with E-state index in [9.17, 15) is 0 Å². The molecule has 0 atom stereocenters. The van der Waals surface area contributed by atoms with Crippen molar-refractivity contribution in [3.63, 3.8) is 0 Å². The Morgan fingerprint density at radius 1 is 0.429 bits per heavy atom. The number of benzene rings is 2. The van der Waals surface area contributed by atoms with Gasteiger partial charge >= 0.3 is 0 Å².